The summed E-state index contributed by atoms with van der Waals surface area (Å²) in [5.74, 6) is 0.181. The molecule has 202 valence electrons. The number of amides is 1. The van der Waals surface area contributed by atoms with Crippen LogP contribution in [0.1, 0.15) is 58.8 Å². The highest BCUT2D eigenvalue weighted by molar-refractivity contribution is 7.99. The average molecular weight is 593 g/mol. The fourth-order valence-electron chi connectivity index (χ4n) is 4.40. The van der Waals surface area contributed by atoms with Gasteiger partial charge in [-0.25, -0.2) is 4.98 Å². The van der Waals surface area contributed by atoms with E-state index in [1.807, 2.05) is 5.38 Å². The molecule has 3 aromatic rings. The second-order valence-corrected chi connectivity index (χ2v) is 11.2. The van der Waals surface area contributed by atoms with Crippen molar-refractivity contribution >= 4 is 46.3 Å². The van der Waals surface area contributed by atoms with Crippen LogP contribution in [0.25, 0.3) is 0 Å². The zero-order chi connectivity index (χ0) is 27.6. The number of oxime groups is 1. The maximum absolute atomic E-state index is 12.6. The normalized spacial score (nSPS) is 18.0. The Labute approximate surface area is 234 Å². The Balaban J connectivity index is 1.12. The highest BCUT2D eigenvalue weighted by Crippen LogP contribution is 2.37. The Morgan fingerprint density at radius 2 is 2.03 bits per heavy atom. The van der Waals surface area contributed by atoms with Crippen LogP contribution in [-0.2, 0) is 15.8 Å². The van der Waals surface area contributed by atoms with Gasteiger partial charge in [-0.1, -0.05) is 34.6 Å². The minimum absolute atomic E-state index is 0.0754. The number of likely N-dealkylation sites (tertiary alicyclic amines) is 1. The monoisotopic (exact) mass is 592 g/mol. The Bertz CT molecular complexity index is 1430. The van der Waals surface area contributed by atoms with Crippen molar-refractivity contribution in [1.29, 1.82) is 5.26 Å². The summed E-state index contributed by atoms with van der Waals surface area (Å²) in [6.45, 7) is 1.13. The van der Waals surface area contributed by atoms with Gasteiger partial charge in [0, 0.05) is 41.4 Å². The number of alkyl halides is 3. The van der Waals surface area contributed by atoms with Gasteiger partial charge >= 0.3 is 6.18 Å². The molecule has 4 heterocycles. The largest absolute Gasteiger partial charge is 0.435 e. The second-order valence-electron chi connectivity index (χ2n) is 8.92. The van der Waals surface area contributed by atoms with Gasteiger partial charge in [-0.3, -0.25) is 4.79 Å². The van der Waals surface area contributed by atoms with Crippen molar-refractivity contribution in [3.63, 3.8) is 0 Å². The molecule has 14 heteroatoms. The van der Waals surface area contributed by atoms with Crippen LogP contribution in [-0.4, -0.2) is 50.5 Å². The number of hydrogen-bond acceptors (Lipinski definition) is 9. The number of nitriles is 1. The standard InChI is InChI=1S/C25H20ClF3N6O2S2/c26-16-3-1-2-15(11-30)23(16)19-10-17(34-37-19)18-12-39-24(31-18)14-6-8-35(9-7-14)22(36)13-38-21-5-4-20(32-33-21)25(27,28)29/h1-5,12,14,19H,6-10,13H2. The van der Waals surface area contributed by atoms with Crippen molar-refractivity contribution in [3.8, 4) is 6.07 Å². The predicted molar refractivity (Wildman–Crippen MR) is 140 cm³/mol. The summed E-state index contributed by atoms with van der Waals surface area (Å²) < 4.78 is 37.9. The van der Waals surface area contributed by atoms with Crippen LogP contribution in [0.5, 0.6) is 0 Å². The number of carbonyl (C=O) groups excluding carboxylic acids is 1. The summed E-state index contributed by atoms with van der Waals surface area (Å²) in [6.07, 6.45) is -3.04. The lowest BCUT2D eigenvalue weighted by molar-refractivity contribution is -0.141. The molecule has 1 unspecified atom stereocenters. The molecule has 5 rings (SSSR count). The minimum atomic E-state index is -4.55. The molecule has 39 heavy (non-hydrogen) atoms. The molecule has 1 atom stereocenters. The lowest BCUT2D eigenvalue weighted by Crippen LogP contribution is -2.38. The molecule has 0 aliphatic carbocycles. The van der Waals surface area contributed by atoms with Gasteiger partial charge in [0.2, 0.25) is 5.91 Å². The molecule has 2 aromatic heterocycles. The molecule has 0 radical (unpaired) electrons. The molecule has 1 saturated heterocycles. The first-order valence-electron chi connectivity index (χ1n) is 11.9. The number of thioether (sulfide) groups is 1. The van der Waals surface area contributed by atoms with Crippen molar-refractivity contribution in [1.82, 2.24) is 20.1 Å². The number of aromatic nitrogens is 3. The Morgan fingerprint density at radius 3 is 2.72 bits per heavy atom. The van der Waals surface area contributed by atoms with Crippen molar-refractivity contribution in [2.24, 2.45) is 5.16 Å². The number of rotatable bonds is 6. The minimum Gasteiger partial charge on any atom is -0.387 e. The maximum Gasteiger partial charge on any atom is 0.435 e. The molecule has 1 amide bonds. The first-order valence-corrected chi connectivity index (χ1v) is 14.2. The molecule has 0 saturated carbocycles. The van der Waals surface area contributed by atoms with E-state index in [4.69, 9.17) is 21.4 Å². The van der Waals surface area contributed by atoms with Gasteiger partial charge in [-0.05, 0) is 37.1 Å². The van der Waals surface area contributed by atoms with E-state index in [9.17, 15) is 23.2 Å². The molecule has 0 bridgehead atoms. The topological polar surface area (TPSA) is 104 Å². The molecule has 2 aliphatic heterocycles. The van der Waals surface area contributed by atoms with E-state index in [-0.39, 0.29) is 22.6 Å². The van der Waals surface area contributed by atoms with Crippen LogP contribution in [0.4, 0.5) is 13.2 Å². The third-order valence-electron chi connectivity index (χ3n) is 6.45. The van der Waals surface area contributed by atoms with Crippen molar-refractivity contribution in [3.05, 3.63) is 68.3 Å². The van der Waals surface area contributed by atoms with Crippen LogP contribution < -0.4 is 0 Å². The number of thiazole rings is 1. The number of hydrogen-bond donors (Lipinski definition) is 0. The fraction of sp³-hybridized carbons (Fsp3) is 0.360. The van der Waals surface area contributed by atoms with Gasteiger partial charge in [0.15, 0.2) is 11.8 Å². The highest BCUT2D eigenvalue weighted by atomic mass is 35.5. The number of piperidine rings is 1. The summed E-state index contributed by atoms with van der Waals surface area (Å²) in [5.41, 5.74) is 1.44. The molecular weight excluding hydrogens is 573 g/mol. The predicted octanol–water partition coefficient (Wildman–Crippen LogP) is 5.84. The van der Waals surface area contributed by atoms with E-state index in [0.717, 1.165) is 41.4 Å². The zero-order valence-corrected chi connectivity index (χ0v) is 22.6. The highest BCUT2D eigenvalue weighted by Gasteiger charge is 2.33. The van der Waals surface area contributed by atoms with Gasteiger partial charge in [0.25, 0.3) is 0 Å². The lowest BCUT2D eigenvalue weighted by atomic mass is 9.97. The van der Waals surface area contributed by atoms with Crippen molar-refractivity contribution < 1.29 is 22.8 Å². The Kier molecular flexibility index (Phi) is 8.06. The molecule has 8 nitrogen and oxygen atoms in total. The first kappa shape index (κ1) is 27.4. The van der Waals surface area contributed by atoms with Gasteiger partial charge in [-0.2, -0.15) is 18.4 Å². The Hall–Kier alpha value is -3.21. The van der Waals surface area contributed by atoms with E-state index in [1.165, 1.54) is 6.07 Å². The number of nitrogens with zero attached hydrogens (tertiary/aromatic N) is 6. The molecule has 2 aliphatic rings. The SMILES string of the molecule is N#Cc1cccc(Cl)c1C1CC(c2csc(C3CCN(C(=O)CSc4ccc(C(F)(F)F)nn4)CC3)n2)=NO1. The smallest absolute Gasteiger partial charge is 0.387 e. The zero-order valence-electron chi connectivity index (χ0n) is 20.2. The second kappa shape index (κ2) is 11.5. The van der Waals surface area contributed by atoms with E-state index < -0.39 is 18.0 Å². The number of benzene rings is 1. The van der Waals surface area contributed by atoms with Crippen LogP contribution in [0.15, 0.2) is 45.9 Å². The van der Waals surface area contributed by atoms with Gasteiger partial charge in [0.05, 0.1) is 28.1 Å². The molecule has 1 fully saturated rings. The van der Waals surface area contributed by atoms with Crippen LogP contribution >= 0.6 is 34.7 Å². The maximum atomic E-state index is 12.6. The summed E-state index contributed by atoms with van der Waals surface area (Å²) in [7, 11) is 0. The van der Waals surface area contributed by atoms with Gasteiger partial charge < -0.3 is 9.74 Å². The van der Waals surface area contributed by atoms with E-state index >= 15 is 0 Å². The quantitative estimate of drug-likeness (QED) is 0.331. The first-order chi connectivity index (χ1) is 18.7. The van der Waals surface area contributed by atoms with Crippen LogP contribution in [0, 0.1) is 11.3 Å². The van der Waals surface area contributed by atoms with E-state index in [1.54, 1.807) is 34.4 Å². The summed E-state index contributed by atoms with van der Waals surface area (Å²) >= 11 is 8.93. The summed E-state index contributed by atoms with van der Waals surface area (Å²) in [6, 6.07) is 9.37. The van der Waals surface area contributed by atoms with E-state index in [0.29, 0.717) is 41.4 Å². The number of halogens is 4. The summed E-state index contributed by atoms with van der Waals surface area (Å²) in [5, 5.41) is 24.0. The Morgan fingerprint density at radius 1 is 1.23 bits per heavy atom. The van der Waals surface area contributed by atoms with Crippen LogP contribution in [0.3, 0.4) is 0 Å². The molecular formula is C25H20ClF3N6O2S2. The van der Waals surface area contributed by atoms with Crippen LogP contribution in [0.2, 0.25) is 5.02 Å². The number of carbonyl (C=O) groups is 1. The van der Waals surface area contributed by atoms with E-state index in [2.05, 4.69) is 21.4 Å². The average Bonchev–Trinajstić information content (AvgIpc) is 3.62. The van der Waals surface area contributed by atoms with Crippen molar-refractivity contribution in [2.45, 2.75) is 42.5 Å². The van der Waals surface area contributed by atoms with Crippen molar-refractivity contribution in [2.75, 3.05) is 18.8 Å². The molecule has 0 N–H and O–H groups in total. The third kappa shape index (κ3) is 6.18. The van der Waals surface area contributed by atoms with Gasteiger partial charge in [-0.15, -0.1) is 21.5 Å². The molecule has 1 aromatic carbocycles. The van der Waals surface area contributed by atoms with Gasteiger partial charge in [0.1, 0.15) is 10.7 Å². The summed E-state index contributed by atoms with van der Waals surface area (Å²) in [4.78, 5) is 24.8. The lowest BCUT2D eigenvalue weighted by Gasteiger charge is -2.31. The third-order valence-corrected chi connectivity index (χ3v) is 8.69. The fourth-order valence-corrected chi connectivity index (χ4v) is 6.42. The molecule has 0 spiro atoms.